The van der Waals surface area contributed by atoms with E-state index in [9.17, 15) is 9.59 Å². The van der Waals surface area contributed by atoms with Crippen LogP contribution in [-0.2, 0) is 4.79 Å². The second kappa shape index (κ2) is 7.65. The Bertz CT molecular complexity index is 732. The van der Waals surface area contributed by atoms with Gasteiger partial charge in [0.05, 0.1) is 0 Å². The van der Waals surface area contributed by atoms with E-state index in [2.05, 4.69) is 10.9 Å². The van der Waals surface area contributed by atoms with Gasteiger partial charge in [-0.1, -0.05) is 29.3 Å². The highest BCUT2D eigenvalue weighted by molar-refractivity contribution is 6.30. The quantitative estimate of drug-likeness (QED) is 0.846. The molecule has 0 heterocycles. The molecule has 0 aliphatic carbocycles. The zero-order valence-electron chi connectivity index (χ0n) is 12.9. The zero-order valence-corrected chi connectivity index (χ0v) is 13.6. The molecule has 0 fully saturated rings. The van der Waals surface area contributed by atoms with Crippen molar-refractivity contribution in [1.82, 2.24) is 10.9 Å². The number of rotatable bonds is 4. The number of hydrogen-bond donors (Lipinski definition) is 2. The number of carbonyl (C=O) groups is 2. The third kappa shape index (κ3) is 5.00. The molecule has 0 aliphatic heterocycles. The third-order valence-corrected chi connectivity index (χ3v) is 3.33. The molecule has 2 aromatic rings. The topological polar surface area (TPSA) is 67.4 Å². The molecule has 2 rings (SSSR count). The monoisotopic (exact) mass is 332 g/mol. The first-order valence-corrected chi connectivity index (χ1v) is 7.38. The van der Waals surface area contributed by atoms with Gasteiger partial charge in [-0.3, -0.25) is 20.4 Å². The molecule has 5 nitrogen and oxygen atoms in total. The lowest BCUT2D eigenvalue weighted by Crippen LogP contribution is -2.43. The maximum Gasteiger partial charge on any atom is 0.276 e. The molecule has 23 heavy (non-hydrogen) atoms. The molecule has 0 radical (unpaired) electrons. The van der Waals surface area contributed by atoms with Gasteiger partial charge in [-0.2, -0.15) is 0 Å². The smallest absolute Gasteiger partial charge is 0.276 e. The molecular weight excluding hydrogens is 316 g/mol. The summed E-state index contributed by atoms with van der Waals surface area (Å²) in [5, 5.41) is 0.602. The Balaban J connectivity index is 1.82. The minimum atomic E-state index is -0.458. The second-order valence-corrected chi connectivity index (χ2v) is 5.51. The van der Waals surface area contributed by atoms with Crippen LogP contribution in [0.1, 0.15) is 21.5 Å². The number of amides is 2. The molecular formula is C17H17ClN2O3. The minimum absolute atomic E-state index is 0.212. The minimum Gasteiger partial charge on any atom is -0.483 e. The number of hydrazine groups is 1. The lowest BCUT2D eigenvalue weighted by molar-refractivity contribution is -0.123. The second-order valence-electron chi connectivity index (χ2n) is 5.07. The molecule has 0 bridgehead atoms. The number of nitrogens with one attached hydrogen (secondary N) is 2. The molecule has 2 N–H and O–H groups in total. The molecule has 0 saturated heterocycles. The number of benzene rings is 2. The fraction of sp³-hybridized carbons (Fsp3) is 0.176. The molecule has 0 unspecified atom stereocenters. The fourth-order valence-electron chi connectivity index (χ4n) is 1.94. The Kier molecular flexibility index (Phi) is 5.60. The highest BCUT2D eigenvalue weighted by Crippen LogP contribution is 2.21. The fourth-order valence-corrected chi connectivity index (χ4v) is 2.17. The number of carbonyl (C=O) groups excluding carboxylic acids is 2. The predicted octanol–water partition coefficient (Wildman–Crippen LogP) is 2.80. The molecule has 0 aromatic heterocycles. The number of hydrogen-bond acceptors (Lipinski definition) is 3. The summed E-state index contributed by atoms with van der Waals surface area (Å²) in [7, 11) is 0. The van der Waals surface area contributed by atoms with Gasteiger partial charge in [0, 0.05) is 10.6 Å². The van der Waals surface area contributed by atoms with Crippen molar-refractivity contribution in [2.45, 2.75) is 13.8 Å². The number of aryl methyl sites for hydroxylation is 2. The average molecular weight is 333 g/mol. The lowest BCUT2D eigenvalue weighted by Gasteiger charge is -2.10. The van der Waals surface area contributed by atoms with Crippen LogP contribution in [0.5, 0.6) is 5.75 Å². The first-order valence-electron chi connectivity index (χ1n) is 7.00. The van der Waals surface area contributed by atoms with Gasteiger partial charge < -0.3 is 4.74 Å². The molecule has 0 atom stereocenters. The summed E-state index contributed by atoms with van der Waals surface area (Å²) in [6.07, 6.45) is 0. The van der Waals surface area contributed by atoms with Crippen LogP contribution < -0.4 is 15.6 Å². The van der Waals surface area contributed by atoms with Crippen LogP contribution in [0, 0.1) is 13.8 Å². The first kappa shape index (κ1) is 16.8. The van der Waals surface area contributed by atoms with Gasteiger partial charge in [-0.25, -0.2) is 0 Å². The Morgan fingerprint density at radius 1 is 1.09 bits per heavy atom. The highest BCUT2D eigenvalue weighted by atomic mass is 35.5. The first-order chi connectivity index (χ1) is 11.0. The van der Waals surface area contributed by atoms with Crippen LogP contribution in [0.15, 0.2) is 42.5 Å². The molecule has 120 valence electrons. The van der Waals surface area contributed by atoms with E-state index in [-0.39, 0.29) is 12.5 Å². The van der Waals surface area contributed by atoms with Crippen molar-refractivity contribution < 1.29 is 14.3 Å². The molecule has 0 saturated carbocycles. The summed E-state index contributed by atoms with van der Waals surface area (Å²) in [5.41, 5.74) is 6.92. The standard InChI is InChI=1S/C17H17ClN2O3/c1-11-4-3-5-13(8-11)17(22)20-19-16(21)10-23-15-7-6-14(18)9-12(15)2/h3-9H,10H2,1-2H3,(H,19,21)(H,20,22). The van der Waals surface area contributed by atoms with Crippen LogP contribution in [0.25, 0.3) is 0 Å². The van der Waals surface area contributed by atoms with E-state index in [0.717, 1.165) is 11.1 Å². The SMILES string of the molecule is Cc1cccc(C(=O)NNC(=O)COc2ccc(Cl)cc2C)c1. The lowest BCUT2D eigenvalue weighted by atomic mass is 10.1. The van der Waals surface area contributed by atoms with Crippen LogP contribution >= 0.6 is 11.6 Å². The summed E-state index contributed by atoms with van der Waals surface area (Å²) in [4.78, 5) is 23.6. The van der Waals surface area contributed by atoms with Gasteiger partial charge in [0.15, 0.2) is 6.61 Å². The maximum absolute atomic E-state index is 11.9. The van der Waals surface area contributed by atoms with Gasteiger partial charge in [-0.05, 0) is 49.7 Å². The van der Waals surface area contributed by atoms with E-state index in [1.54, 1.807) is 36.4 Å². The van der Waals surface area contributed by atoms with Gasteiger partial charge in [0.25, 0.3) is 11.8 Å². The Morgan fingerprint density at radius 3 is 2.57 bits per heavy atom. The predicted molar refractivity (Wildman–Crippen MR) is 88.5 cm³/mol. The summed E-state index contributed by atoms with van der Waals surface area (Å²) in [6.45, 7) is 3.51. The van der Waals surface area contributed by atoms with E-state index in [1.165, 1.54) is 0 Å². The third-order valence-electron chi connectivity index (χ3n) is 3.09. The van der Waals surface area contributed by atoms with Crippen molar-refractivity contribution in [3.63, 3.8) is 0 Å². The zero-order chi connectivity index (χ0) is 16.8. The van der Waals surface area contributed by atoms with E-state index >= 15 is 0 Å². The van der Waals surface area contributed by atoms with Crippen molar-refractivity contribution in [2.75, 3.05) is 6.61 Å². The molecule has 6 heteroatoms. The van der Waals surface area contributed by atoms with Crippen LogP contribution in [-0.4, -0.2) is 18.4 Å². The van der Waals surface area contributed by atoms with Crippen molar-refractivity contribution in [2.24, 2.45) is 0 Å². The van der Waals surface area contributed by atoms with E-state index in [1.807, 2.05) is 19.9 Å². The average Bonchev–Trinajstić information content (AvgIpc) is 2.51. The molecule has 2 aromatic carbocycles. The summed E-state index contributed by atoms with van der Waals surface area (Å²) in [6, 6.07) is 12.2. The van der Waals surface area contributed by atoms with E-state index < -0.39 is 5.91 Å². The van der Waals surface area contributed by atoms with E-state index in [4.69, 9.17) is 16.3 Å². The van der Waals surface area contributed by atoms with Crippen molar-refractivity contribution in [1.29, 1.82) is 0 Å². The normalized spacial score (nSPS) is 10.0. The van der Waals surface area contributed by atoms with Gasteiger partial charge in [0.2, 0.25) is 0 Å². The van der Waals surface area contributed by atoms with Crippen LogP contribution in [0.4, 0.5) is 0 Å². The van der Waals surface area contributed by atoms with Gasteiger partial charge in [0.1, 0.15) is 5.75 Å². The summed E-state index contributed by atoms with van der Waals surface area (Å²) in [5.74, 6) is -0.278. The Morgan fingerprint density at radius 2 is 1.87 bits per heavy atom. The Hall–Kier alpha value is -2.53. The van der Waals surface area contributed by atoms with Crippen molar-refractivity contribution in [3.8, 4) is 5.75 Å². The molecule has 0 spiro atoms. The van der Waals surface area contributed by atoms with Crippen LogP contribution in [0.2, 0.25) is 5.02 Å². The van der Waals surface area contributed by atoms with Gasteiger partial charge >= 0.3 is 0 Å². The summed E-state index contributed by atoms with van der Waals surface area (Å²) >= 11 is 5.85. The van der Waals surface area contributed by atoms with E-state index in [0.29, 0.717) is 16.3 Å². The molecule has 2 amide bonds. The van der Waals surface area contributed by atoms with Crippen molar-refractivity contribution >= 4 is 23.4 Å². The largest absolute Gasteiger partial charge is 0.483 e. The van der Waals surface area contributed by atoms with Crippen LogP contribution in [0.3, 0.4) is 0 Å². The number of ether oxygens (including phenoxy) is 1. The van der Waals surface area contributed by atoms with Gasteiger partial charge in [-0.15, -0.1) is 0 Å². The number of halogens is 1. The summed E-state index contributed by atoms with van der Waals surface area (Å²) < 4.78 is 5.39. The maximum atomic E-state index is 11.9. The highest BCUT2D eigenvalue weighted by Gasteiger charge is 2.09. The van der Waals surface area contributed by atoms with Crippen molar-refractivity contribution in [3.05, 3.63) is 64.2 Å². The molecule has 0 aliphatic rings. The Labute approximate surface area is 139 Å².